The van der Waals surface area contributed by atoms with E-state index >= 15 is 0 Å². The highest BCUT2D eigenvalue weighted by Crippen LogP contribution is 2.24. The Labute approximate surface area is 67.8 Å². The highest BCUT2D eigenvalue weighted by Gasteiger charge is 2.31. The Hall–Kier alpha value is -0.340. The van der Waals surface area contributed by atoms with E-state index in [1.54, 1.807) is 0 Å². The maximum absolute atomic E-state index is 5.33. The molecule has 0 bridgehead atoms. The summed E-state index contributed by atoms with van der Waals surface area (Å²) in [5.74, 6) is 0. The van der Waals surface area contributed by atoms with Crippen LogP contribution in [0.5, 0.6) is 0 Å². The van der Waals surface area contributed by atoms with E-state index in [9.17, 15) is 0 Å². The van der Waals surface area contributed by atoms with Crippen LogP contribution in [0.15, 0.2) is 12.2 Å². The number of rotatable bonds is 1. The lowest BCUT2D eigenvalue weighted by Crippen LogP contribution is -2.31. The van der Waals surface area contributed by atoms with Crippen LogP contribution >= 0.6 is 0 Å². The average molecular weight is 153 g/mol. The number of ether oxygens (including phenoxy) is 1. The molecule has 0 saturated carbocycles. The van der Waals surface area contributed by atoms with Crippen molar-refractivity contribution < 1.29 is 4.74 Å². The second-order valence-corrected chi connectivity index (χ2v) is 3.41. The smallest absolute Gasteiger partial charge is 0.0713 e. The summed E-state index contributed by atoms with van der Waals surface area (Å²) in [5.41, 5.74) is 0. The summed E-state index contributed by atoms with van der Waals surface area (Å²) in [4.78, 5) is 2.51. The van der Waals surface area contributed by atoms with Gasteiger partial charge >= 0.3 is 0 Å². The van der Waals surface area contributed by atoms with E-state index in [4.69, 9.17) is 4.74 Å². The molecule has 0 aromatic heterocycles. The van der Waals surface area contributed by atoms with Crippen molar-refractivity contribution in [3.8, 4) is 0 Å². The molecule has 0 N–H and O–H groups in total. The fourth-order valence-electron chi connectivity index (χ4n) is 2.04. The number of hydrogen-bond donors (Lipinski definition) is 0. The van der Waals surface area contributed by atoms with Crippen LogP contribution in [0.3, 0.4) is 0 Å². The lowest BCUT2D eigenvalue weighted by molar-refractivity contribution is 0.109. The fraction of sp³-hybridized carbons (Fsp3) is 0.778. The molecular formula is C9H15NO. The summed E-state index contributed by atoms with van der Waals surface area (Å²) >= 11 is 0. The maximum Gasteiger partial charge on any atom is 0.0713 e. The zero-order chi connectivity index (χ0) is 7.68. The van der Waals surface area contributed by atoms with Gasteiger partial charge in [-0.05, 0) is 12.8 Å². The molecule has 0 aromatic carbocycles. The summed E-state index contributed by atoms with van der Waals surface area (Å²) in [6.07, 6.45) is 7.48. The van der Waals surface area contributed by atoms with Gasteiger partial charge in [0.1, 0.15) is 0 Å². The summed E-state index contributed by atoms with van der Waals surface area (Å²) in [6.45, 7) is 2.26. The first kappa shape index (κ1) is 7.32. The Bertz CT molecular complexity index is 151. The number of hydrogen-bond acceptors (Lipinski definition) is 2. The molecule has 2 nitrogen and oxygen atoms in total. The molecule has 11 heavy (non-hydrogen) atoms. The number of fused-ring (bicyclic) bond motifs is 1. The largest absolute Gasteiger partial charge is 0.380 e. The normalized spacial score (nSPS) is 37.5. The Morgan fingerprint density at radius 1 is 1.45 bits per heavy atom. The molecular weight excluding hydrogens is 138 g/mol. The predicted molar refractivity (Wildman–Crippen MR) is 44.5 cm³/mol. The third kappa shape index (κ3) is 1.33. The Balaban J connectivity index is 1.98. The van der Waals surface area contributed by atoms with Crippen molar-refractivity contribution in [2.24, 2.45) is 0 Å². The quantitative estimate of drug-likeness (QED) is 0.522. The summed E-state index contributed by atoms with van der Waals surface area (Å²) in [5, 5.41) is 0. The van der Waals surface area contributed by atoms with Crippen LogP contribution in [0.2, 0.25) is 0 Å². The molecule has 0 radical (unpaired) electrons. The SMILES string of the molecule is CO[C@@H]1C[C@@H]2CC=CCN2C1. The van der Waals surface area contributed by atoms with Gasteiger partial charge in [-0.2, -0.15) is 0 Å². The van der Waals surface area contributed by atoms with Crippen molar-refractivity contribution >= 4 is 0 Å². The molecule has 1 saturated heterocycles. The van der Waals surface area contributed by atoms with Gasteiger partial charge in [-0.3, -0.25) is 4.90 Å². The van der Waals surface area contributed by atoms with Crippen molar-refractivity contribution in [3.63, 3.8) is 0 Å². The predicted octanol–water partition coefficient (Wildman–Crippen LogP) is 1.04. The van der Waals surface area contributed by atoms with Gasteiger partial charge in [-0.25, -0.2) is 0 Å². The maximum atomic E-state index is 5.33. The van der Waals surface area contributed by atoms with E-state index in [-0.39, 0.29) is 0 Å². The summed E-state index contributed by atoms with van der Waals surface area (Å²) < 4.78 is 5.33. The van der Waals surface area contributed by atoms with Crippen LogP contribution in [0.1, 0.15) is 12.8 Å². The zero-order valence-electron chi connectivity index (χ0n) is 6.99. The van der Waals surface area contributed by atoms with E-state index in [2.05, 4.69) is 17.1 Å². The second-order valence-electron chi connectivity index (χ2n) is 3.41. The molecule has 62 valence electrons. The standard InChI is InChI=1S/C9H15NO/c1-11-9-6-8-4-2-3-5-10(8)7-9/h2-3,8-9H,4-7H2,1H3/t8-,9+/m0/s1. The van der Waals surface area contributed by atoms with Gasteiger partial charge in [0.25, 0.3) is 0 Å². The molecule has 2 aliphatic heterocycles. The molecule has 0 amide bonds. The van der Waals surface area contributed by atoms with Crippen LogP contribution in [0.25, 0.3) is 0 Å². The molecule has 0 aromatic rings. The average Bonchev–Trinajstić information content (AvgIpc) is 2.46. The highest BCUT2D eigenvalue weighted by atomic mass is 16.5. The Morgan fingerprint density at radius 2 is 2.36 bits per heavy atom. The molecule has 2 heterocycles. The van der Waals surface area contributed by atoms with Crippen molar-refractivity contribution in [2.45, 2.75) is 25.0 Å². The third-order valence-electron chi connectivity index (χ3n) is 2.74. The van der Waals surface area contributed by atoms with Gasteiger partial charge < -0.3 is 4.74 Å². The van der Waals surface area contributed by atoms with Gasteiger partial charge in [0, 0.05) is 26.2 Å². The lowest BCUT2D eigenvalue weighted by atomic mass is 10.1. The van der Waals surface area contributed by atoms with Crippen LogP contribution in [-0.2, 0) is 4.74 Å². The Kier molecular flexibility index (Phi) is 1.96. The molecule has 2 atom stereocenters. The minimum Gasteiger partial charge on any atom is -0.380 e. The van der Waals surface area contributed by atoms with E-state index < -0.39 is 0 Å². The molecule has 2 rings (SSSR count). The number of nitrogens with zero attached hydrogens (tertiary/aromatic N) is 1. The highest BCUT2D eigenvalue weighted by molar-refractivity contribution is 5.00. The molecule has 0 spiro atoms. The van der Waals surface area contributed by atoms with Crippen molar-refractivity contribution in [1.29, 1.82) is 0 Å². The summed E-state index contributed by atoms with van der Waals surface area (Å²) in [6, 6.07) is 0.768. The topological polar surface area (TPSA) is 12.5 Å². The van der Waals surface area contributed by atoms with Crippen molar-refractivity contribution in [2.75, 3.05) is 20.2 Å². The minimum absolute atomic E-state index is 0.486. The van der Waals surface area contributed by atoms with Crippen LogP contribution < -0.4 is 0 Å². The van der Waals surface area contributed by atoms with Gasteiger partial charge in [-0.15, -0.1) is 0 Å². The molecule has 2 heteroatoms. The van der Waals surface area contributed by atoms with Gasteiger partial charge in [0.05, 0.1) is 6.10 Å². The lowest BCUT2D eigenvalue weighted by Gasteiger charge is -2.24. The van der Waals surface area contributed by atoms with Crippen LogP contribution in [0, 0.1) is 0 Å². The van der Waals surface area contributed by atoms with Crippen LogP contribution in [0.4, 0.5) is 0 Å². The third-order valence-corrected chi connectivity index (χ3v) is 2.74. The minimum atomic E-state index is 0.486. The van der Waals surface area contributed by atoms with Gasteiger partial charge in [0.15, 0.2) is 0 Å². The first-order valence-corrected chi connectivity index (χ1v) is 4.32. The first-order valence-electron chi connectivity index (χ1n) is 4.32. The first-order chi connectivity index (χ1) is 5.40. The Morgan fingerprint density at radius 3 is 3.09 bits per heavy atom. The van der Waals surface area contributed by atoms with Crippen molar-refractivity contribution in [3.05, 3.63) is 12.2 Å². The monoisotopic (exact) mass is 153 g/mol. The number of methoxy groups -OCH3 is 1. The molecule has 0 unspecified atom stereocenters. The second kappa shape index (κ2) is 2.95. The van der Waals surface area contributed by atoms with Gasteiger partial charge in [0.2, 0.25) is 0 Å². The fourth-order valence-corrected chi connectivity index (χ4v) is 2.04. The zero-order valence-corrected chi connectivity index (χ0v) is 6.99. The van der Waals surface area contributed by atoms with E-state index in [1.807, 2.05) is 7.11 Å². The molecule has 0 aliphatic carbocycles. The summed E-state index contributed by atoms with van der Waals surface area (Å²) in [7, 11) is 1.82. The van der Waals surface area contributed by atoms with Crippen molar-refractivity contribution in [1.82, 2.24) is 4.90 Å². The van der Waals surface area contributed by atoms with E-state index in [0.717, 1.165) is 19.1 Å². The van der Waals surface area contributed by atoms with Gasteiger partial charge in [-0.1, -0.05) is 12.2 Å². The van der Waals surface area contributed by atoms with E-state index in [1.165, 1.54) is 12.8 Å². The van der Waals surface area contributed by atoms with E-state index in [0.29, 0.717) is 6.10 Å². The molecule has 1 fully saturated rings. The van der Waals surface area contributed by atoms with Crippen LogP contribution in [-0.4, -0.2) is 37.2 Å². The molecule has 2 aliphatic rings.